The molecule has 0 saturated heterocycles. The van der Waals surface area contributed by atoms with Gasteiger partial charge in [-0.25, -0.2) is 9.97 Å². The number of nitrogens with one attached hydrogen (secondary N) is 1. The lowest BCUT2D eigenvalue weighted by Gasteiger charge is -2.18. The molecule has 2 aromatic carbocycles. The molecule has 7 nitrogen and oxygen atoms in total. The zero-order valence-corrected chi connectivity index (χ0v) is 20.1. The van der Waals surface area contributed by atoms with E-state index in [0.717, 1.165) is 11.3 Å². The van der Waals surface area contributed by atoms with Gasteiger partial charge in [0.2, 0.25) is 11.8 Å². The summed E-state index contributed by atoms with van der Waals surface area (Å²) in [6.07, 6.45) is 6.55. The highest BCUT2D eigenvalue weighted by Crippen LogP contribution is 2.29. The molecule has 0 fully saturated rings. The highest BCUT2D eigenvalue weighted by molar-refractivity contribution is 7.14. The molecular formula is C25H22ClN5O2S. The lowest BCUT2D eigenvalue weighted by atomic mass is 10.1. The van der Waals surface area contributed by atoms with E-state index in [9.17, 15) is 9.59 Å². The fraction of sp³-hybridized carbons (Fsp3) is 0.120. The summed E-state index contributed by atoms with van der Waals surface area (Å²) in [5.74, 6) is 0.249. The highest BCUT2D eigenvalue weighted by atomic mass is 35.5. The lowest BCUT2D eigenvalue weighted by molar-refractivity contribution is -0.117. The average molecular weight is 492 g/mol. The minimum Gasteiger partial charge on any atom is -0.339 e. The number of imidazole rings is 1. The molecule has 0 aliphatic carbocycles. The first-order valence-corrected chi connectivity index (χ1v) is 11.7. The number of thiazole rings is 1. The highest BCUT2D eigenvalue weighted by Gasteiger charge is 2.20. The van der Waals surface area contributed by atoms with Gasteiger partial charge in [-0.2, -0.15) is 0 Å². The van der Waals surface area contributed by atoms with Gasteiger partial charge in [0.1, 0.15) is 11.9 Å². The summed E-state index contributed by atoms with van der Waals surface area (Å²) in [6, 6.07) is 16.1. The number of aryl methyl sites for hydroxylation is 1. The van der Waals surface area contributed by atoms with E-state index < -0.39 is 6.04 Å². The van der Waals surface area contributed by atoms with Gasteiger partial charge < -0.3 is 9.88 Å². The maximum atomic E-state index is 12.8. The third-order valence-corrected chi connectivity index (χ3v) is 6.14. The third kappa shape index (κ3) is 5.41. The standard InChI is InChI=1S/C25H22ClN5O2S/c1-17(32)31(21-6-4-3-5-7-21)25-28-20(16-34-25)12-13-22(33)29-23(24-27-14-15-30(24)2)18-8-10-19(26)11-9-18/h3-16,23H,1-2H3,(H,29,33)/b13-12+. The van der Waals surface area contributed by atoms with E-state index >= 15 is 0 Å². The fourth-order valence-electron chi connectivity index (χ4n) is 3.42. The van der Waals surface area contributed by atoms with Gasteiger partial charge in [-0.15, -0.1) is 11.3 Å². The predicted molar refractivity (Wildman–Crippen MR) is 135 cm³/mol. The van der Waals surface area contributed by atoms with E-state index in [1.807, 2.05) is 60.3 Å². The van der Waals surface area contributed by atoms with Crippen LogP contribution in [0.1, 0.15) is 30.0 Å². The maximum absolute atomic E-state index is 12.8. The molecule has 9 heteroatoms. The third-order valence-electron chi connectivity index (χ3n) is 5.04. The van der Waals surface area contributed by atoms with Crippen LogP contribution in [0.15, 0.2) is 78.4 Å². The molecule has 0 aliphatic heterocycles. The second-order valence-electron chi connectivity index (χ2n) is 7.47. The Morgan fingerprint density at radius 3 is 2.53 bits per heavy atom. The first kappa shape index (κ1) is 23.4. The van der Waals surface area contributed by atoms with Crippen LogP contribution in [0.3, 0.4) is 0 Å². The smallest absolute Gasteiger partial charge is 0.244 e. The summed E-state index contributed by atoms with van der Waals surface area (Å²) >= 11 is 7.36. The van der Waals surface area contributed by atoms with Crippen molar-refractivity contribution < 1.29 is 9.59 Å². The molecule has 4 aromatic rings. The second kappa shape index (κ2) is 10.5. The molecule has 0 bridgehead atoms. The summed E-state index contributed by atoms with van der Waals surface area (Å²) in [6.45, 7) is 1.49. The number of carbonyl (C=O) groups is 2. The van der Waals surface area contributed by atoms with Crippen LogP contribution in [0, 0.1) is 0 Å². The molecule has 2 amide bonds. The molecule has 34 heavy (non-hydrogen) atoms. The quantitative estimate of drug-likeness (QED) is 0.363. The van der Waals surface area contributed by atoms with Crippen LogP contribution in [0.25, 0.3) is 6.08 Å². The van der Waals surface area contributed by atoms with Crippen LogP contribution in [-0.4, -0.2) is 26.3 Å². The van der Waals surface area contributed by atoms with E-state index in [1.54, 1.807) is 34.7 Å². The van der Waals surface area contributed by atoms with E-state index in [2.05, 4.69) is 15.3 Å². The predicted octanol–water partition coefficient (Wildman–Crippen LogP) is 5.13. The summed E-state index contributed by atoms with van der Waals surface area (Å²) in [5.41, 5.74) is 2.17. The topological polar surface area (TPSA) is 80.1 Å². The fourth-order valence-corrected chi connectivity index (χ4v) is 4.40. The largest absolute Gasteiger partial charge is 0.339 e. The Labute approximate surface area is 206 Å². The van der Waals surface area contributed by atoms with Crippen molar-refractivity contribution in [1.29, 1.82) is 0 Å². The van der Waals surface area contributed by atoms with Crippen LogP contribution in [0.4, 0.5) is 10.8 Å². The van der Waals surface area contributed by atoms with Crippen molar-refractivity contribution in [2.75, 3.05) is 4.90 Å². The number of aromatic nitrogens is 3. The molecule has 0 radical (unpaired) electrons. The number of hydrogen-bond donors (Lipinski definition) is 1. The number of benzene rings is 2. The minimum absolute atomic E-state index is 0.144. The van der Waals surface area contributed by atoms with Gasteiger partial charge in [0.25, 0.3) is 0 Å². The number of amides is 2. The molecule has 1 atom stereocenters. The molecule has 0 aliphatic rings. The van der Waals surface area contributed by atoms with Crippen molar-refractivity contribution in [3.63, 3.8) is 0 Å². The van der Waals surface area contributed by atoms with Gasteiger partial charge >= 0.3 is 0 Å². The average Bonchev–Trinajstić information content (AvgIpc) is 3.46. The number of halogens is 1. The van der Waals surface area contributed by atoms with Crippen LogP contribution >= 0.6 is 22.9 Å². The van der Waals surface area contributed by atoms with E-state index in [0.29, 0.717) is 21.7 Å². The number of carbonyl (C=O) groups excluding carboxylic acids is 2. The van der Waals surface area contributed by atoms with Crippen molar-refractivity contribution >= 4 is 51.6 Å². The molecule has 0 spiro atoms. The second-order valence-corrected chi connectivity index (χ2v) is 8.74. The molecule has 172 valence electrons. The van der Waals surface area contributed by atoms with E-state index in [-0.39, 0.29) is 11.8 Å². The summed E-state index contributed by atoms with van der Waals surface area (Å²) < 4.78 is 1.86. The molecule has 2 heterocycles. The van der Waals surface area contributed by atoms with Crippen molar-refractivity contribution in [3.05, 3.63) is 101 Å². The summed E-state index contributed by atoms with van der Waals surface area (Å²) in [7, 11) is 1.87. The van der Waals surface area contributed by atoms with E-state index in [4.69, 9.17) is 11.6 Å². The van der Waals surface area contributed by atoms with Gasteiger partial charge in [0.05, 0.1) is 11.4 Å². The Balaban J connectivity index is 1.52. The minimum atomic E-state index is -0.452. The maximum Gasteiger partial charge on any atom is 0.244 e. The van der Waals surface area contributed by atoms with Crippen molar-refractivity contribution in [1.82, 2.24) is 19.9 Å². The van der Waals surface area contributed by atoms with Crippen LogP contribution in [-0.2, 0) is 16.6 Å². The van der Waals surface area contributed by atoms with Crippen LogP contribution < -0.4 is 10.2 Å². The van der Waals surface area contributed by atoms with Gasteiger partial charge in [-0.3, -0.25) is 14.5 Å². The van der Waals surface area contributed by atoms with Crippen molar-refractivity contribution in [3.8, 4) is 0 Å². The Morgan fingerprint density at radius 1 is 1.15 bits per heavy atom. The van der Waals surface area contributed by atoms with Crippen LogP contribution in [0.2, 0.25) is 5.02 Å². The first-order valence-electron chi connectivity index (χ1n) is 10.4. The van der Waals surface area contributed by atoms with Gasteiger partial charge in [-0.1, -0.05) is 41.9 Å². The molecule has 0 saturated carbocycles. The number of para-hydroxylation sites is 1. The molecular weight excluding hydrogens is 470 g/mol. The molecule has 1 unspecified atom stereocenters. The number of hydrogen-bond acceptors (Lipinski definition) is 5. The first-order chi connectivity index (χ1) is 16.4. The number of anilines is 2. The number of nitrogens with zero attached hydrogens (tertiary/aromatic N) is 4. The number of rotatable bonds is 7. The monoisotopic (exact) mass is 491 g/mol. The normalized spacial score (nSPS) is 12.0. The Kier molecular flexibility index (Phi) is 7.20. The zero-order chi connectivity index (χ0) is 24.1. The summed E-state index contributed by atoms with van der Waals surface area (Å²) in [4.78, 5) is 35.5. The van der Waals surface area contributed by atoms with E-state index in [1.165, 1.54) is 24.3 Å². The Bertz CT molecular complexity index is 1310. The van der Waals surface area contributed by atoms with Gasteiger partial charge in [-0.05, 0) is 35.9 Å². The van der Waals surface area contributed by atoms with Crippen LogP contribution in [0.5, 0.6) is 0 Å². The Hall–Kier alpha value is -3.75. The zero-order valence-electron chi connectivity index (χ0n) is 18.6. The molecule has 1 N–H and O–H groups in total. The van der Waals surface area contributed by atoms with Crippen molar-refractivity contribution in [2.45, 2.75) is 13.0 Å². The Morgan fingerprint density at radius 2 is 1.88 bits per heavy atom. The SMILES string of the molecule is CC(=O)N(c1ccccc1)c1nc(/C=C/C(=O)NC(c2ccc(Cl)cc2)c2nccn2C)cs1. The van der Waals surface area contributed by atoms with Gasteiger partial charge in [0.15, 0.2) is 5.13 Å². The molecule has 4 rings (SSSR count). The van der Waals surface area contributed by atoms with Crippen molar-refractivity contribution in [2.24, 2.45) is 7.05 Å². The molecule has 2 aromatic heterocycles. The summed E-state index contributed by atoms with van der Waals surface area (Å²) in [5, 5.41) is 5.94. The van der Waals surface area contributed by atoms with Gasteiger partial charge in [0, 0.05) is 42.8 Å². The lowest BCUT2D eigenvalue weighted by Crippen LogP contribution is -2.29.